The number of benzene rings is 3. The van der Waals surface area contributed by atoms with Gasteiger partial charge in [-0.3, -0.25) is 4.79 Å². The number of carbonyl (C=O) groups excluding carboxylic acids is 2. The molecule has 148 valence electrons. The lowest BCUT2D eigenvalue weighted by Crippen LogP contribution is -2.13. The minimum atomic E-state index is -0.636. The molecule has 0 N–H and O–H groups in total. The molecule has 0 fully saturated rings. The van der Waals surface area contributed by atoms with Crippen molar-refractivity contribution >= 4 is 22.7 Å². The van der Waals surface area contributed by atoms with E-state index in [9.17, 15) is 14.4 Å². The van der Waals surface area contributed by atoms with Crippen molar-refractivity contribution in [2.45, 2.75) is 13.5 Å². The molecule has 0 spiro atoms. The second-order valence-electron chi connectivity index (χ2n) is 6.91. The zero-order valence-electron chi connectivity index (χ0n) is 16.3. The van der Waals surface area contributed by atoms with E-state index in [4.69, 9.17) is 9.15 Å². The second kappa shape index (κ2) is 8.17. The molecule has 0 aliphatic rings. The average Bonchev–Trinajstić information content (AvgIpc) is 2.77. The third kappa shape index (κ3) is 3.91. The summed E-state index contributed by atoms with van der Waals surface area (Å²) in [5.41, 5.74) is 2.35. The highest BCUT2D eigenvalue weighted by atomic mass is 16.5. The van der Waals surface area contributed by atoms with Crippen LogP contribution in [0.4, 0.5) is 0 Å². The fraction of sp³-hybridized carbons (Fsp3) is 0.0800. The van der Waals surface area contributed by atoms with E-state index >= 15 is 0 Å². The normalized spacial score (nSPS) is 10.7. The van der Waals surface area contributed by atoms with E-state index in [2.05, 4.69) is 0 Å². The van der Waals surface area contributed by atoms with Crippen molar-refractivity contribution in [3.63, 3.8) is 0 Å². The van der Waals surface area contributed by atoms with Crippen molar-refractivity contribution in [2.75, 3.05) is 0 Å². The third-order valence-corrected chi connectivity index (χ3v) is 4.77. The lowest BCUT2D eigenvalue weighted by atomic mass is 9.98. The Kier molecular flexibility index (Phi) is 5.26. The van der Waals surface area contributed by atoms with E-state index in [1.807, 2.05) is 25.1 Å². The monoisotopic (exact) mass is 398 g/mol. The van der Waals surface area contributed by atoms with Gasteiger partial charge in [0.2, 0.25) is 0 Å². The number of aryl methyl sites for hydroxylation is 1. The van der Waals surface area contributed by atoms with E-state index < -0.39 is 11.6 Å². The van der Waals surface area contributed by atoms with E-state index in [0.717, 1.165) is 5.56 Å². The highest BCUT2D eigenvalue weighted by Crippen LogP contribution is 2.21. The van der Waals surface area contributed by atoms with E-state index in [1.165, 1.54) is 6.07 Å². The van der Waals surface area contributed by atoms with Gasteiger partial charge in [-0.25, -0.2) is 9.59 Å². The fourth-order valence-electron chi connectivity index (χ4n) is 3.28. The molecule has 0 saturated heterocycles. The van der Waals surface area contributed by atoms with Crippen molar-refractivity contribution in [3.8, 4) is 0 Å². The Morgan fingerprint density at radius 3 is 2.33 bits per heavy atom. The standard InChI is InChI=1S/C25H18O5/c1-16-11-12-19-18(14-23(26)30-22(19)13-16)15-29-25(28)21-10-6-5-9-20(21)24(27)17-7-3-2-4-8-17/h2-14H,15H2,1H3. The molecule has 1 heterocycles. The maximum absolute atomic E-state index is 12.8. The van der Waals surface area contributed by atoms with Gasteiger partial charge in [-0.1, -0.05) is 60.7 Å². The Morgan fingerprint density at radius 2 is 1.57 bits per heavy atom. The largest absolute Gasteiger partial charge is 0.457 e. The fourth-order valence-corrected chi connectivity index (χ4v) is 3.28. The zero-order chi connectivity index (χ0) is 21.1. The molecule has 3 aromatic carbocycles. The van der Waals surface area contributed by atoms with Crippen LogP contribution in [0.1, 0.15) is 37.4 Å². The van der Waals surface area contributed by atoms with Crippen molar-refractivity contribution < 1.29 is 18.7 Å². The van der Waals surface area contributed by atoms with Crippen molar-refractivity contribution in [3.05, 3.63) is 117 Å². The van der Waals surface area contributed by atoms with Crippen LogP contribution < -0.4 is 5.63 Å². The zero-order valence-corrected chi connectivity index (χ0v) is 16.3. The molecule has 5 heteroatoms. The summed E-state index contributed by atoms with van der Waals surface area (Å²) in [4.78, 5) is 37.5. The van der Waals surface area contributed by atoms with Gasteiger partial charge < -0.3 is 9.15 Å². The highest BCUT2D eigenvalue weighted by Gasteiger charge is 2.19. The molecule has 0 saturated carbocycles. The summed E-state index contributed by atoms with van der Waals surface area (Å²) >= 11 is 0. The molecule has 30 heavy (non-hydrogen) atoms. The predicted molar refractivity (Wildman–Crippen MR) is 113 cm³/mol. The average molecular weight is 398 g/mol. The van der Waals surface area contributed by atoms with Gasteiger partial charge in [0.25, 0.3) is 0 Å². The van der Waals surface area contributed by atoms with Crippen molar-refractivity contribution in [2.24, 2.45) is 0 Å². The summed E-state index contributed by atoms with van der Waals surface area (Å²) in [6.45, 7) is 1.78. The smallest absolute Gasteiger partial charge is 0.339 e. The Balaban J connectivity index is 1.61. The predicted octanol–water partition coefficient (Wildman–Crippen LogP) is 4.69. The summed E-state index contributed by atoms with van der Waals surface area (Å²) in [6.07, 6.45) is 0. The first-order valence-electron chi connectivity index (χ1n) is 9.42. The van der Waals surface area contributed by atoms with Crippen LogP contribution >= 0.6 is 0 Å². The molecule has 4 rings (SSSR count). The van der Waals surface area contributed by atoms with Crippen LogP contribution in [0.15, 0.2) is 88.1 Å². The van der Waals surface area contributed by atoms with Crippen LogP contribution in [0, 0.1) is 6.92 Å². The molecule has 0 aliphatic heterocycles. The number of fused-ring (bicyclic) bond motifs is 1. The molecule has 0 radical (unpaired) electrons. The molecule has 1 aromatic heterocycles. The Morgan fingerprint density at radius 1 is 0.867 bits per heavy atom. The number of carbonyl (C=O) groups is 2. The summed E-state index contributed by atoms with van der Waals surface area (Å²) in [5.74, 6) is -0.896. The molecular weight excluding hydrogens is 380 g/mol. The molecule has 5 nitrogen and oxygen atoms in total. The molecular formula is C25H18O5. The van der Waals surface area contributed by atoms with Crippen LogP contribution in [0.5, 0.6) is 0 Å². The quantitative estimate of drug-likeness (QED) is 0.277. The molecule has 0 amide bonds. The Bertz CT molecular complexity index is 1300. The number of ketones is 1. The van der Waals surface area contributed by atoms with Crippen molar-refractivity contribution in [1.29, 1.82) is 0 Å². The van der Waals surface area contributed by atoms with Gasteiger partial charge >= 0.3 is 11.6 Å². The first-order chi connectivity index (χ1) is 14.5. The van der Waals surface area contributed by atoms with Gasteiger partial charge in [0.05, 0.1) is 5.56 Å². The minimum absolute atomic E-state index is 0.113. The highest BCUT2D eigenvalue weighted by molar-refractivity contribution is 6.14. The first-order valence-corrected chi connectivity index (χ1v) is 9.42. The lowest BCUT2D eigenvalue weighted by molar-refractivity contribution is 0.0471. The van der Waals surface area contributed by atoms with Crippen LogP contribution in [-0.4, -0.2) is 11.8 Å². The maximum atomic E-state index is 12.8. The van der Waals surface area contributed by atoms with Crippen LogP contribution in [0.25, 0.3) is 11.0 Å². The Hall–Kier alpha value is -3.99. The van der Waals surface area contributed by atoms with Gasteiger partial charge in [0.1, 0.15) is 12.2 Å². The second-order valence-corrected chi connectivity index (χ2v) is 6.91. The first kappa shape index (κ1) is 19.3. The molecule has 0 bridgehead atoms. The summed E-state index contributed by atoms with van der Waals surface area (Å²) in [5, 5.41) is 0.696. The SMILES string of the molecule is Cc1ccc2c(COC(=O)c3ccccc3C(=O)c3ccccc3)cc(=O)oc2c1. The number of ether oxygens (including phenoxy) is 1. The van der Waals surface area contributed by atoms with Crippen LogP contribution in [0.3, 0.4) is 0 Å². The summed E-state index contributed by atoms with van der Waals surface area (Å²) in [7, 11) is 0. The topological polar surface area (TPSA) is 73.6 Å². The maximum Gasteiger partial charge on any atom is 0.339 e. The Labute approximate surface area is 172 Å². The number of rotatable bonds is 5. The number of hydrogen-bond donors (Lipinski definition) is 0. The number of hydrogen-bond acceptors (Lipinski definition) is 5. The molecule has 0 unspecified atom stereocenters. The molecule has 0 atom stereocenters. The molecule has 4 aromatic rings. The van der Waals surface area contributed by atoms with E-state index in [0.29, 0.717) is 22.1 Å². The van der Waals surface area contributed by atoms with Gasteiger partial charge in [-0.2, -0.15) is 0 Å². The van der Waals surface area contributed by atoms with Crippen LogP contribution in [-0.2, 0) is 11.3 Å². The lowest BCUT2D eigenvalue weighted by Gasteiger charge is -2.10. The van der Waals surface area contributed by atoms with E-state index in [-0.39, 0.29) is 23.5 Å². The third-order valence-electron chi connectivity index (χ3n) is 4.77. The minimum Gasteiger partial charge on any atom is -0.457 e. The van der Waals surface area contributed by atoms with Gasteiger partial charge in [0, 0.05) is 28.1 Å². The van der Waals surface area contributed by atoms with Gasteiger partial charge in [-0.15, -0.1) is 0 Å². The van der Waals surface area contributed by atoms with Crippen molar-refractivity contribution in [1.82, 2.24) is 0 Å². The van der Waals surface area contributed by atoms with Gasteiger partial charge in [-0.05, 0) is 24.6 Å². The van der Waals surface area contributed by atoms with Crippen LogP contribution in [0.2, 0.25) is 0 Å². The molecule has 0 aliphatic carbocycles. The number of esters is 1. The van der Waals surface area contributed by atoms with Gasteiger partial charge in [0.15, 0.2) is 5.78 Å². The summed E-state index contributed by atoms with van der Waals surface area (Å²) in [6, 6.07) is 22.1. The summed E-state index contributed by atoms with van der Waals surface area (Å²) < 4.78 is 10.7. The van der Waals surface area contributed by atoms with E-state index in [1.54, 1.807) is 54.6 Å².